The molecule has 0 fully saturated rings. The second-order valence-electron chi connectivity index (χ2n) is 2.88. The van der Waals surface area contributed by atoms with E-state index in [4.69, 9.17) is 5.14 Å². The van der Waals surface area contributed by atoms with E-state index < -0.39 is 0 Å². The minimum atomic E-state index is 1.07. The van der Waals surface area contributed by atoms with Crippen molar-refractivity contribution in [1.29, 1.82) is 0 Å². The average molecular weight is 202 g/mol. The van der Waals surface area contributed by atoms with Gasteiger partial charge in [0.05, 0.1) is 0 Å². The fourth-order valence-corrected chi connectivity index (χ4v) is 1.56. The van der Waals surface area contributed by atoms with Gasteiger partial charge in [0.2, 0.25) is 0 Å². The van der Waals surface area contributed by atoms with Crippen LogP contribution in [0.3, 0.4) is 0 Å². The minimum absolute atomic E-state index is 1.07. The molecule has 1 aromatic heterocycles. The van der Waals surface area contributed by atoms with Crippen LogP contribution in [0.1, 0.15) is 0 Å². The largest absolute Gasteiger partial charge is 0.274 e. The van der Waals surface area contributed by atoms with Crippen molar-refractivity contribution in [1.82, 2.24) is 4.98 Å². The van der Waals surface area contributed by atoms with Crippen LogP contribution < -0.4 is 5.14 Å². The highest BCUT2D eigenvalue weighted by Crippen LogP contribution is 2.21. The highest BCUT2D eigenvalue weighted by molar-refractivity contribution is 7.97. The second-order valence-corrected chi connectivity index (χ2v) is 3.59. The van der Waals surface area contributed by atoms with Gasteiger partial charge in [-0.15, -0.1) is 0 Å². The van der Waals surface area contributed by atoms with E-state index in [0.29, 0.717) is 0 Å². The smallest absolute Gasteiger partial charge is 0.0273 e. The van der Waals surface area contributed by atoms with Crippen molar-refractivity contribution in [3.63, 3.8) is 0 Å². The molecule has 0 saturated heterocycles. The highest BCUT2D eigenvalue weighted by atomic mass is 32.2. The molecular weight excluding hydrogens is 192 g/mol. The Morgan fingerprint density at radius 3 is 2.00 bits per heavy atom. The Hall–Kier alpha value is -1.32. The van der Waals surface area contributed by atoms with Crippen LogP contribution in [0.2, 0.25) is 0 Å². The quantitative estimate of drug-likeness (QED) is 0.761. The number of pyridine rings is 1. The summed E-state index contributed by atoms with van der Waals surface area (Å²) < 4.78 is 0. The molecule has 0 spiro atoms. The summed E-state index contributed by atoms with van der Waals surface area (Å²) >= 11 is 1.26. The first-order valence-corrected chi connectivity index (χ1v) is 5.15. The molecule has 0 bridgehead atoms. The van der Waals surface area contributed by atoms with Gasteiger partial charge in [-0.1, -0.05) is 12.1 Å². The van der Waals surface area contributed by atoms with Crippen LogP contribution in [0, 0.1) is 0 Å². The van der Waals surface area contributed by atoms with Crippen molar-refractivity contribution in [2.75, 3.05) is 0 Å². The summed E-state index contributed by atoms with van der Waals surface area (Å²) in [4.78, 5) is 5.05. The summed E-state index contributed by atoms with van der Waals surface area (Å²) in [5, 5.41) is 5.45. The van der Waals surface area contributed by atoms with E-state index >= 15 is 0 Å². The summed E-state index contributed by atoms with van der Waals surface area (Å²) in [5.74, 6) is 0. The van der Waals surface area contributed by atoms with Crippen molar-refractivity contribution in [3.8, 4) is 11.1 Å². The Labute approximate surface area is 87.3 Å². The minimum Gasteiger partial charge on any atom is -0.274 e. The molecule has 70 valence electrons. The van der Waals surface area contributed by atoms with E-state index in [1.54, 1.807) is 12.4 Å². The van der Waals surface area contributed by atoms with Gasteiger partial charge in [-0.3, -0.25) is 10.1 Å². The van der Waals surface area contributed by atoms with Crippen LogP contribution in [0.15, 0.2) is 53.7 Å². The van der Waals surface area contributed by atoms with Crippen molar-refractivity contribution in [3.05, 3.63) is 48.8 Å². The molecule has 0 saturated carbocycles. The van der Waals surface area contributed by atoms with Gasteiger partial charge in [0, 0.05) is 17.3 Å². The number of nitrogens with zero attached hydrogens (tertiary/aromatic N) is 1. The maximum absolute atomic E-state index is 5.45. The molecule has 3 heteroatoms. The zero-order valence-electron chi connectivity index (χ0n) is 7.55. The SMILES string of the molecule is NSc1ccc(-c2ccncc2)cc1. The Balaban J connectivity index is 2.34. The van der Waals surface area contributed by atoms with Gasteiger partial charge in [-0.05, 0) is 47.3 Å². The van der Waals surface area contributed by atoms with Crippen molar-refractivity contribution in [2.24, 2.45) is 5.14 Å². The number of hydrogen-bond donors (Lipinski definition) is 1. The average Bonchev–Trinajstić information content (AvgIpc) is 2.30. The van der Waals surface area contributed by atoms with Crippen LogP contribution in [-0.4, -0.2) is 4.98 Å². The molecule has 2 nitrogen and oxygen atoms in total. The normalized spacial score (nSPS) is 10.1. The lowest BCUT2D eigenvalue weighted by Gasteiger charge is -2.01. The standard InChI is InChI=1S/C11H10N2S/c12-14-11-3-1-9(2-4-11)10-5-7-13-8-6-10/h1-8H,12H2. The number of nitrogens with two attached hydrogens (primary N) is 1. The van der Waals surface area contributed by atoms with Gasteiger partial charge >= 0.3 is 0 Å². The molecule has 0 amide bonds. The van der Waals surface area contributed by atoms with Crippen LogP contribution in [0.5, 0.6) is 0 Å². The van der Waals surface area contributed by atoms with Gasteiger partial charge in [-0.2, -0.15) is 0 Å². The van der Waals surface area contributed by atoms with Crippen molar-refractivity contribution in [2.45, 2.75) is 4.90 Å². The Kier molecular flexibility index (Phi) is 2.81. The third kappa shape index (κ3) is 1.95. The van der Waals surface area contributed by atoms with Gasteiger partial charge in [0.25, 0.3) is 0 Å². The monoisotopic (exact) mass is 202 g/mol. The molecule has 2 aromatic rings. The number of hydrogen-bond acceptors (Lipinski definition) is 3. The predicted molar refractivity (Wildman–Crippen MR) is 59.7 cm³/mol. The first-order valence-electron chi connectivity index (χ1n) is 4.27. The summed E-state index contributed by atoms with van der Waals surface area (Å²) in [6.45, 7) is 0. The van der Waals surface area contributed by atoms with Gasteiger partial charge in [0.1, 0.15) is 0 Å². The fraction of sp³-hybridized carbons (Fsp3) is 0. The van der Waals surface area contributed by atoms with E-state index in [1.165, 1.54) is 23.1 Å². The second kappa shape index (κ2) is 4.26. The Bertz CT molecular complexity index is 397. The maximum atomic E-state index is 5.45. The molecule has 1 heterocycles. The zero-order chi connectivity index (χ0) is 9.80. The molecule has 0 aliphatic carbocycles. The first kappa shape index (κ1) is 9.24. The van der Waals surface area contributed by atoms with Crippen LogP contribution >= 0.6 is 11.9 Å². The molecule has 2 N–H and O–H groups in total. The third-order valence-corrected chi connectivity index (χ3v) is 2.55. The van der Waals surface area contributed by atoms with Crippen molar-refractivity contribution < 1.29 is 0 Å². The Morgan fingerprint density at radius 2 is 1.43 bits per heavy atom. The van der Waals surface area contributed by atoms with Crippen LogP contribution in [0.25, 0.3) is 11.1 Å². The lowest BCUT2D eigenvalue weighted by molar-refractivity contribution is 1.33. The van der Waals surface area contributed by atoms with Gasteiger partial charge in [0.15, 0.2) is 0 Å². The fourth-order valence-electron chi connectivity index (χ4n) is 1.27. The number of benzene rings is 1. The molecule has 0 aliphatic heterocycles. The van der Waals surface area contributed by atoms with E-state index in [1.807, 2.05) is 24.3 Å². The third-order valence-electron chi connectivity index (χ3n) is 2.00. The summed E-state index contributed by atoms with van der Waals surface area (Å²) in [6.07, 6.45) is 3.59. The Morgan fingerprint density at radius 1 is 0.857 bits per heavy atom. The molecule has 14 heavy (non-hydrogen) atoms. The van der Waals surface area contributed by atoms with Gasteiger partial charge < -0.3 is 0 Å². The van der Waals surface area contributed by atoms with E-state index in [-0.39, 0.29) is 0 Å². The lowest BCUT2D eigenvalue weighted by atomic mass is 10.1. The van der Waals surface area contributed by atoms with Crippen molar-refractivity contribution >= 4 is 11.9 Å². The number of rotatable bonds is 2. The lowest BCUT2D eigenvalue weighted by Crippen LogP contribution is -1.81. The summed E-state index contributed by atoms with van der Waals surface area (Å²) in [5.41, 5.74) is 2.36. The predicted octanol–water partition coefficient (Wildman–Crippen LogP) is 2.71. The van der Waals surface area contributed by atoms with E-state index in [0.717, 1.165) is 4.90 Å². The topological polar surface area (TPSA) is 38.9 Å². The molecule has 0 unspecified atom stereocenters. The molecular formula is C11H10N2S. The van der Waals surface area contributed by atoms with Crippen LogP contribution in [-0.2, 0) is 0 Å². The van der Waals surface area contributed by atoms with Crippen LogP contribution in [0.4, 0.5) is 0 Å². The van der Waals surface area contributed by atoms with E-state index in [9.17, 15) is 0 Å². The number of aromatic nitrogens is 1. The summed E-state index contributed by atoms with van der Waals surface area (Å²) in [7, 11) is 0. The molecule has 0 radical (unpaired) electrons. The molecule has 0 aliphatic rings. The van der Waals surface area contributed by atoms with Gasteiger partial charge in [-0.25, -0.2) is 0 Å². The first-order chi connectivity index (χ1) is 6.90. The zero-order valence-corrected chi connectivity index (χ0v) is 8.37. The highest BCUT2D eigenvalue weighted by Gasteiger charge is 1.96. The summed E-state index contributed by atoms with van der Waals surface area (Å²) in [6, 6.07) is 12.1. The molecule has 2 rings (SSSR count). The van der Waals surface area contributed by atoms with E-state index in [2.05, 4.69) is 17.1 Å². The molecule has 0 atom stereocenters. The maximum Gasteiger partial charge on any atom is 0.0273 e. The molecule has 1 aromatic carbocycles.